The second-order valence-electron chi connectivity index (χ2n) is 6.21. The van der Waals surface area contributed by atoms with E-state index < -0.39 is 20.0 Å². The molecule has 0 fully saturated rings. The van der Waals surface area contributed by atoms with E-state index in [4.69, 9.17) is 4.74 Å². The molecule has 0 saturated carbocycles. The van der Waals surface area contributed by atoms with E-state index in [0.717, 1.165) is 4.31 Å². The van der Waals surface area contributed by atoms with Gasteiger partial charge in [-0.2, -0.15) is 0 Å². The average molecular weight is 442 g/mol. The summed E-state index contributed by atoms with van der Waals surface area (Å²) in [5.74, 6) is 0.171. The SMILES string of the molecule is CC(=O)Nc1ccc(S(=O)(=O)NCCOc2ccc(S(=O)(=O)N(C)C)cc2)cc1. The number of sulfonamides is 2. The van der Waals surface area contributed by atoms with Gasteiger partial charge in [0, 0.05) is 33.3 Å². The quantitative estimate of drug-likeness (QED) is 0.565. The lowest BCUT2D eigenvalue weighted by atomic mass is 10.3. The molecule has 2 aromatic rings. The lowest BCUT2D eigenvalue weighted by molar-refractivity contribution is -0.114. The van der Waals surface area contributed by atoms with Gasteiger partial charge in [0.15, 0.2) is 0 Å². The average Bonchev–Trinajstić information content (AvgIpc) is 2.65. The van der Waals surface area contributed by atoms with Crippen molar-refractivity contribution in [3.8, 4) is 5.75 Å². The van der Waals surface area contributed by atoms with Crippen LogP contribution < -0.4 is 14.8 Å². The van der Waals surface area contributed by atoms with Gasteiger partial charge in [-0.3, -0.25) is 4.79 Å². The van der Waals surface area contributed by atoms with E-state index in [1.54, 1.807) is 0 Å². The van der Waals surface area contributed by atoms with Crippen molar-refractivity contribution in [2.24, 2.45) is 0 Å². The van der Waals surface area contributed by atoms with Crippen molar-refractivity contribution >= 4 is 31.6 Å². The molecule has 0 unspecified atom stereocenters. The van der Waals surface area contributed by atoms with Crippen LogP contribution in [0, 0.1) is 0 Å². The molecule has 2 rings (SSSR count). The first kappa shape index (κ1) is 22.8. The summed E-state index contributed by atoms with van der Waals surface area (Å²) in [5.41, 5.74) is 0.500. The molecule has 0 aliphatic heterocycles. The normalized spacial score (nSPS) is 12.0. The fourth-order valence-corrected chi connectivity index (χ4v) is 4.18. The van der Waals surface area contributed by atoms with Crippen LogP contribution in [0.25, 0.3) is 0 Å². The minimum atomic E-state index is -3.72. The topological polar surface area (TPSA) is 122 Å². The van der Waals surface area contributed by atoms with Crippen LogP contribution in [0.15, 0.2) is 58.3 Å². The highest BCUT2D eigenvalue weighted by Crippen LogP contribution is 2.18. The van der Waals surface area contributed by atoms with E-state index in [1.165, 1.54) is 69.6 Å². The minimum Gasteiger partial charge on any atom is -0.492 e. The molecule has 2 aromatic carbocycles. The van der Waals surface area contributed by atoms with Crippen molar-refractivity contribution in [2.45, 2.75) is 16.7 Å². The zero-order valence-corrected chi connectivity index (χ0v) is 17.9. The number of benzene rings is 2. The number of rotatable bonds is 9. The Balaban J connectivity index is 1.88. The summed E-state index contributed by atoms with van der Waals surface area (Å²) in [7, 11) is -4.35. The third-order valence-electron chi connectivity index (χ3n) is 3.75. The van der Waals surface area contributed by atoms with E-state index >= 15 is 0 Å². The first-order valence-electron chi connectivity index (χ1n) is 8.55. The maximum absolute atomic E-state index is 12.3. The molecule has 1 amide bonds. The number of amides is 1. The van der Waals surface area contributed by atoms with Crippen LogP contribution in [0.1, 0.15) is 6.92 Å². The van der Waals surface area contributed by atoms with Gasteiger partial charge in [-0.1, -0.05) is 0 Å². The van der Waals surface area contributed by atoms with Gasteiger partial charge in [0.1, 0.15) is 12.4 Å². The number of hydrogen-bond acceptors (Lipinski definition) is 6. The van der Waals surface area contributed by atoms with Crippen molar-refractivity contribution in [3.63, 3.8) is 0 Å². The molecule has 158 valence electrons. The van der Waals surface area contributed by atoms with Gasteiger partial charge >= 0.3 is 0 Å². The summed E-state index contributed by atoms with van der Waals surface area (Å²) in [6, 6.07) is 11.6. The Kier molecular flexibility index (Phi) is 7.36. The predicted molar refractivity (Wildman–Crippen MR) is 109 cm³/mol. The summed E-state index contributed by atoms with van der Waals surface area (Å²) >= 11 is 0. The number of anilines is 1. The highest BCUT2D eigenvalue weighted by atomic mass is 32.2. The standard InChI is InChI=1S/C18H23N3O6S2/c1-14(22)20-15-4-8-17(9-5-15)28(23,24)19-12-13-27-16-6-10-18(11-7-16)29(25,26)21(2)3/h4-11,19H,12-13H2,1-3H3,(H,20,22). The summed E-state index contributed by atoms with van der Waals surface area (Å²) in [6.45, 7) is 1.44. The second-order valence-corrected chi connectivity index (χ2v) is 10.1. The van der Waals surface area contributed by atoms with Gasteiger partial charge in [-0.15, -0.1) is 0 Å². The summed E-state index contributed by atoms with van der Waals surface area (Å²) < 4.78 is 57.5. The van der Waals surface area contributed by atoms with Crippen LogP contribution in [0.3, 0.4) is 0 Å². The number of hydrogen-bond donors (Lipinski definition) is 2. The molecular weight excluding hydrogens is 418 g/mol. The first-order chi connectivity index (χ1) is 13.5. The van der Waals surface area contributed by atoms with Crippen LogP contribution in [-0.2, 0) is 24.8 Å². The molecule has 0 radical (unpaired) electrons. The Hall–Kier alpha value is -2.47. The van der Waals surface area contributed by atoms with Crippen molar-refractivity contribution in [2.75, 3.05) is 32.6 Å². The third-order valence-corrected chi connectivity index (χ3v) is 7.06. The molecule has 11 heteroatoms. The van der Waals surface area contributed by atoms with E-state index in [9.17, 15) is 21.6 Å². The second kappa shape index (κ2) is 9.35. The van der Waals surface area contributed by atoms with Crippen molar-refractivity contribution in [3.05, 3.63) is 48.5 Å². The third kappa shape index (κ3) is 6.26. The smallest absolute Gasteiger partial charge is 0.242 e. The van der Waals surface area contributed by atoms with Gasteiger partial charge < -0.3 is 10.1 Å². The Morgan fingerprint density at radius 2 is 1.48 bits per heavy atom. The Morgan fingerprint density at radius 1 is 0.931 bits per heavy atom. The van der Waals surface area contributed by atoms with Gasteiger partial charge in [0.05, 0.1) is 9.79 Å². The molecule has 0 spiro atoms. The highest BCUT2D eigenvalue weighted by molar-refractivity contribution is 7.89. The van der Waals surface area contributed by atoms with E-state index in [2.05, 4.69) is 10.0 Å². The molecule has 2 N–H and O–H groups in total. The van der Waals surface area contributed by atoms with Crippen LogP contribution in [-0.4, -0.2) is 54.3 Å². The zero-order valence-electron chi connectivity index (χ0n) is 16.2. The van der Waals surface area contributed by atoms with Crippen LogP contribution in [0.5, 0.6) is 5.75 Å². The fraction of sp³-hybridized carbons (Fsp3) is 0.278. The fourth-order valence-electron chi connectivity index (χ4n) is 2.27. The maximum Gasteiger partial charge on any atom is 0.242 e. The number of nitrogens with one attached hydrogen (secondary N) is 2. The predicted octanol–water partition coefficient (Wildman–Crippen LogP) is 1.25. The summed E-state index contributed by atoms with van der Waals surface area (Å²) in [4.78, 5) is 11.2. The number of ether oxygens (including phenoxy) is 1. The van der Waals surface area contributed by atoms with Crippen LogP contribution in [0.2, 0.25) is 0 Å². The molecule has 0 aliphatic carbocycles. The van der Waals surface area contributed by atoms with Crippen molar-refractivity contribution in [1.82, 2.24) is 9.03 Å². The molecule has 0 bridgehead atoms. The van der Waals surface area contributed by atoms with E-state index in [-0.39, 0.29) is 28.8 Å². The van der Waals surface area contributed by atoms with Gasteiger partial charge in [0.25, 0.3) is 0 Å². The zero-order chi connectivity index (χ0) is 21.7. The number of carbonyl (C=O) groups is 1. The lowest BCUT2D eigenvalue weighted by Gasteiger charge is -2.12. The Labute approximate surface area is 170 Å². The molecule has 29 heavy (non-hydrogen) atoms. The van der Waals surface area contributed by atoms with E-state index in [0.29, 0.717) is 11.4 Å². The minimum absolute atomic E-state index is 0.0214. The molecule has 0 saturated heterocycles. The summed E-state index contributed by atoms with van der Waals surface area (Å²) in [5, 5.41) is 2.56. The van der Waals surface area contributed by atoms with Crippen LogP contribution in [0.4, 0.5) is 5.69 Å². The highest BCUT2D eigenvalue weighted by Gasteiger charge is 2.17. The largest absolute Gasteiger partial charge is 0.492 e. The molecule has 9 nitrogen and oxygen atoms in total. The van der Waals surface area contributed by atoms with Crippen molar-refractivity contribution in [1.29, 1.82) is 0 Å². The maximum atomic E-state index is 12.3. The Morgan fingerprint density at radius 3 is 2.00 bits per heavy atom. The molecule has 0 aromatic heterocycles. The van der Waals surface area contributed by atoms with E-state index in [1.807, 2.05) is 0 Å². The van der Waals surface area contributed by atoms with Gasteiger partial charge in [-0.05, 0) is 48.5 Å². The van der Waals surface area contributed by atoms with Crippen LogP contribution >= 0.6 is 0 Å². The number of carbonyl (C=O) groups excluding carboxylic acids is 1. The number of nitrogens with zero attached hydrogens (tertiary/aromatic N) is 1. The van der Waals surface area contributed by atoms with Gasteiger partial charge in [0.2, 0.25) is 26.0 Å². The summed E-state index contributed by atoms with van der Waals surface area (Å²) in [6.07, 6.45) is 0. The lowest BCUT2D eigenvalue weighted by Crippen LogP contribution is -2.28. The first-order valence-corrected chi connectivity index (χ1v) is 11.5. The molecular formula is C18H23N3O6S2. The molecule has 0 heterocycles. The van der Waals surface area contributed by atoms with Crippen molar-refractivity contribution < 1.29 is 26.4 Å². The Bertz CT molecular complexity index is 1050. The van der Waals surface area contributed by atoms with Gasteiger partial charge in [-0.25, -0.2) is 25.9 Å². The molecule has 0 atom stereocenters. The molecule has 0 aliphatic rings. The monoisotopic (exact) mass is 441 g/mol.